The molecule has 1 aromatic heterocycles. The van der Waals surface area contributed by atoms with E-state index in [-0.39, 0.29) is 5.91 Å². The number of hydrogen-bond acceptors (Lipinski definition) is 3. The number of aromatic nitrogens is 1. The summed E-state index contributed by atoms with van der Waals surface area (Å²) in [5, 5.41) is 3.27. The van der Waals surface area contributed by atoms with Crippen LogP contribution >= 0.6 is 11.6 Å². The molecule has 0 saturated heterocycles. The fourth-order valence-electron chi connectivity index (χ4n) is 1.39. The summed E-state index contributed by atoms with van der Waals surface area (Å²) < 4.78 is 0. The van der Waals surface area contributed by atoms with Crippen molar-refractivity contribution in [3.8, 4) is 0 Å². The molecule has 0 aromatic carbocycles. The minimum Gasteiger partial charge on any atom is -0.352 e. The highest BCUT2D eigenvalue weighted by Crippen LogP contribution is 2.15. The minimum atomic E-state index is -0.166. The normalized spacial score (nSPS) is 10.6. The summed E-state index contributed by atoms with van der Waals surface area (Å²) >= 11 is 5.98. The van der Waals surface area contributed by atoms with Crippen molar-refractivity contribution in [3.63, 3.8) is 0 Å². The van der Waals surface area contributed by atoms with Gasteiger partial charge in [0, 0.05) is 18.4 Å². The van der Waals surface area contributed by atoms with Gasteiger partial charge in [-0.25, -0.2) is 0 Å². The molecule has 0 radical (unpaired) electrons. The zero-order valence-electron chi connectivity index (χ0n) is 10.5. The highest BCUT2D eigenvalue weighted by atomic mass is 35.5. The standard InChI is InChI=1S/C12H18ClN3O/c1-9-7-11(13)10(8-15-9)12(17)14-5-4-6-16(2)3/h7-8H,4-6H2,1-3H3,(H,14,17). The van der Waals surface area contributed by atoms with E-state index in [1.807, 2.05) is 21.0 Å². The molecule has 0 aliphatic heterocycles. The molecule has 1 amide bonds. The second kappa shape index (κ2) is 6.57. The van der Waals surface area contributed by atoms with E-state index in [1.54, 1.807) is 6.07 Å². The molecule has 0 aliphatic carbocycles. The first-order valence-corrected chi connectivity index (χ1v) is 5.93. The molecule has 0 atom stereocenters. The van der Waals surface area contributed by atoms with Crippen LogP contribution in [0.1, 0.15) is 22.5 Å². The van der Waals surface area contributed by atoms with Gasteiger partial charge in [0.15, 0.2) is 0 Å². The topological polar surface area (TPSA) is 45.2 Å². The van der Waals surface area contributed by atoms with Crippen molar-refractivity contribution in [2.75, 3.05) is 27.2 Å². The zero-order chi connectivity index (χ0) is 12.8. The molecule has 0 unspecified atom stereocenters. The molecular weight excluding hydrogens is 238 g/mol. The Morgan fingerprint density at radius 2 is 2.24 bits per heavy atom. The van der Waals surface area contributed by atoms with E-state index in [9.17, 15) is 4.79 Å². The van der Waals surface area contributed by atoms with Crippen LogP contribution in [-0.4, -0.2) is 43.0 Å². The molecule has 1 rings (SSSR count). The van der Waals surface area contributed by atoms with Crippen LogP contribution in [0.4, 0.5) is 0 Å². The largest absolute Gasteiger partial charge is 0.352 e. The number of carbonyl (C=O) groups excluding carboxylic acids is 1. The third kappa shape index (κ3) is 4.71. The maximum absolute atomic E-state index is 11.8. The number of carbonyl (C=O) groups is 1. The SMILES string of the molecule is Cc1cc(Cl)c(C(=O)NCCCN(C)C)cn1. The van der Waals surface area contributed by atoms with Gasteiger partial charge in [-0.15, -0.1) is 0 Å². The van der Waals surface area contributed by atoms with Gasteiger partial charge in [-0.3, -0.25) is 9.78 Å². The van der Waals surface area contributed by atoms with Gasteiger partial charge in [0.1, 0.15) is 0 Å². The molecule has 0 saturated carbocycles. The van der Waals surface area contributed by atoms with Crippen LogP contribution in [0.3, 0.4) is 0 Å². The van der Waals surface area contributed by atoms with Crippen LogP contribution in [0, 0.1) is 6.92 Å². The Morgan fingerprint density at radius 1 is 1.53 bits per heavy atom. The number of amides is 1. The highest BCUT2D eigenvalue weighted by Gasteiger charge is 2.10. The lowest BCUT2D eigenvalue weighted by Gasteiger charge is -2.10. The molecule has 0 fully saturated rings. The molecule has 94 valence electrons. The van der Waals surface area contributed by atoms with Gasteiger partial charge in [-0.05, 0) is 40.1 Å². The number of nitrogens with zero attached hydrogens (tertiary/aromatic N) is 2. The fraction of sp³-hybridized carbons (Fsp3) is 0.500. The van der Waals surface area contributed by atoms with Crippen LogP contribution in [0.2, 0.25) is 5.02 Å². The van der Waals surface area contributed by atoms with Gasteiger partial charge in [0.05, 0.1) is 10.6 Å². The average Bonchev–Trinajstić information content (AvgIpc) is 2.23. The van der Waals surface area contributed by atoms with E-state index in [2.05, 4.69) is 15.2 Å². The van der Waals surface area contributed by atoms with E-state index in [1.165, 1.54) is 6.20 Å². The van der Waals surface area contributed by atoms with E-state index >= 15 is 0 Å². The number of nitrogens with one attached hydrogen (secondary N) is 1. The van der Waals surface area contributed by atoms with Crippen LogP contribution < -0.4 is 5.32 Å². The lowest BCUT2D eigenvalue weighted by molar-refractivity contribution is 0.0952. The molecule has 0 spiro atoms. The van der Waals surface area contributed by atoms with Crippen LogP contribution in [0.15, 0.2) is 12.3 Å². The van der Waals surface area contributed by atoms with Gasteiger partial charge in [-0.2, -0.15) is 0 Å². The lowest BCUT2D eigenvalue weighted by Crippen LogP contribution is -2.27. The van der Waals surface area contributed by atoms with Crippen molar-refractivity contribution >= 4 is 17.5 Å². The molecule has 0 aliphatic rings. The molecule has 5 heteroatoms. The van der Waals surface area contributed by atoms with E-state index in [4.69, 9.17) is 11.6 Å². The molecule has 1 heterocycles. The monoisotopic (exact) mass is 255 g/mol. The maximum Gasteiger partial charge on any atom is 0.254 e. The Hall–Kier alpha value is -1.13. The van der Waals surface area contributed by atoms with Gasteiger partial charge in [0.2, 0.25) is 0 Å². The Kier molecular flexibility index (Phi) is 5.38. The van der Waals surface area contributed by atoms with Crippen LogP contribution in [-0.2, 0) is 0 Å². The number of hydrogen-bond donors (Lipinski definition) is 1. The summed E-state index contributed by atoms with van der Waals surface area (Å²) in [6.07, 6.45) is 2.43. The highest BCUT2D eigenvalue weighted by molar-refractivity contribution is 6.33. The number of rotatable bonds is 5. The van der Waals surface area contributed by atoms with Crippen molar-refractivity contribution in [2.45, 2.75) is 13.3 Å². The maximum atomic E-state index is 11.8. The summed E-state index contributed by atoms with van der Waals surface area (Å²) in [7, 11) is 4.01. The first-order chi connectivity index (χ1) is 8.00. The molecule has 4 nitrogen and oxygen atoms in total. The smallest absolute Gasteiger partial charge is 0.254 e. The first-order valence-electron chi connectivity index (χ1n) is 5.56. The summed E-state index contributed by atoms with van der Waals surface area (Å²) in [5.41, 5.74) is 1.24. The van der Waals surface area contributed by atoms with Crippen molar-refractivity contribution in [1.82, 2.24) is 15.2 Å². The van der Waals surface area contributed by atoms with Crippen molar-refractivity contribution < 1.29 is 4.79 Å². The summed E-state index contributed by atoms with van der Waals surface area (Å²) in [4.78, 5) is 17.9. The summed E-state index contributed by atoms with van der Waals surface area (Å²) in [6, 6.07) is 1.69. The molecule has 17 heavy (non-hydrogen) atoms. The second-order valence-corrected chi connectivity index (χ2v) is 4.63. The minimum absolute atomic E-state index is 0.166. The third-order valence-corrected chi connectivity index (χ3v) is 2.62. The second-order valence-electron chi connectivity index (χ2n) is 4.22. The fourth-order valence-corrected chi connectivity index (χ4v) is 1.68. The van der Waals surface area contributed by atoms with Crippen LogP contribution in [0.5, 0.6) is 0 Å². The van der Waals surface area contributed by atoms with Gasteiger partial charge in [-0.1, -0.05) is 11.6 Å². The number of halogens is 1. The van der Waals surface area contributed by atoms with Gasteiger partial charge >= 0.3 is 0 Å². The van der Waals surface area contributed by atoms with Crippen molar-refractivity contribution in [3.05, 3.63) is 28.5 Å². The van der Waals surface area contributed by atoms with Gasteiger partial charge < -0.3 is 10.2 Å². The Labute approximate surface area is 107 Å². The van der Waals surface area contributed by atoms with E-state index < -0.39 is 0 Å². The summed E-state index contributed by atoms with van der Waals surface area (Å²) in [6.45, 7) is 3.42. The van der Waals surface area contributed by atoms with Gasteiger partial charge in [0.25, 0.3) is 5.91 Å². The van der Waals surface area contributed by atoms with Crippen molar-refractivity contribution in [2.24, 2.45) is 0 Å². The Balaban J connectivity index is 2.47. The Bertz CT molecular complexity index is 393. The van der Waals surface area contributed by atoms with Crippen molar-refractivity contribution in [1.29, 1.82) is 0 Å². The number of aryl methyl sites for hydroxylation is 1. The lowest BCUT2D eigenvalue weighted by atomic mass is 10.2. The molecule has 1 N–H and O–H groups in total. The van der Waals surface area contributed by atoms with E-state index in [0.29, 0.717) is 17.1 Å². The number of pyridine rings is 1. The first kappa shape index (κ1) is 13.9. The zero-order valence-corrected chi connectivity index (χ0v) is 11.2. The quantitative estimate of drug-likeness (QED) is 0.815. The molecular formula is C12H18ClN3O. The average molecular weight is 256 g/mol. The predicted octanol–water partition coefficient (Wildman–Crippen LogP) is 1.72. The Morgan fingerprint density at radius 3 is 2.82 bits per heavy atom. The van der Waals surface area contributed by atoms with E-state index in [0.717, 1.165) is 18.7 Å². The third-order valence-electron chi connectivity index (χ3n) is 2.30. The molecule has 0 bridgehead atoms. The van der Waals surface area contributed by atoms with Crippen LogP contribution in [0.25, 0.3) is 0 Å². The molecule has 1 aromatic rings. The summed E-state index contributed by atoms with van der Waals surface area (Å²) in [5.74, 6) is -0.166. The predicted molar refractivity (Wildman–Crippen MR) is 69.5 cm³/mol.